The Bertz CT molecular complexity index is 481. The fraction of sp³-hybridized carbons (Fsp3) is 0.500. The first-order valence-corrected chi connectivity index (χ1v) is 6.14. The van der Waals surface area contributed by atoms with E-state index < -0.39 is 11.9 Å². The van der Waals surface area contributed by atoms with Crippen molar-refractivity contribution in [1.82, 2.24) is 5.32 Å². The number of halogens is 1. The Kier molecular flexibility index (Phi) is 4.39. The van der Waals surface area contributed by atoms with Gasteiger partial charge in [0.25, 0.3) is 5.91 Å². The van der Waals surface area contributed by atoms with Gasteiger partial charge in [-0.25, -0.2) is 4.39 Å². The van der Waals surface area contributed by atoms with Crippen LogP contribution >= 0.6 is 0 Å². The number of nitrogens with one attached hydrogen (secondary N) is 1. The molecule has 0 aliphatic rings. The van der Waals surface area contributed by atoms with Crippen LogP contribution in [0.3, 0.4) is 0 Å². The van der Waals surface area contributed by atoms with Crippen LogP contribution in [-0.4, -0.2) is 17.6 Å². The number of hydrogen-bond acceptors (Lipinski definition) is 3. The largest absolute Gasteiger partial charge is 0.478 e. The fourth-order valence-electron chi connectivity index (χ4n) is 1.48. The lowest BCUT2D eigenvalue weighted by atomic mass is 10.1. The van der Waals surface area contributed by atoms with Crippen molar-refractivity contribution in [1.29, 1.82) is 0 Å². The zero-order valence-electron chi connectivity index (χ0n) is 12.0. The molecule has 0 saturated heterocycles. The predicted molar refractivity (Wildman–Crippen MR) is 73.5 cm³/mol. The molecule has 0 radical (unpaired) electrons. The summed E-state index contributed by atoms with van der Waals surface area (Å²) in [5.74, 6) is -0.830. The Hall–Kier alpha value is -1.78. The van der Waals surface area contributed by atoms with E-state index in [9.17, 15) is 9.18 Å². The highest BCUT2D eigenvalue weighted by atomic mass is 19.1. The number of anilines is 1. The Morgan fingerprint density at radius 1 is 1.42 bits per heavy atom. The first-order valence-electron chi connectivity index (χ1n) is 6.14. The molecule has 1 aromatic carbocycles. The molecule has 5 heteroatoms. The molecule has 0 aromatic heterocycles. The highest BCUT2D eigenvalue weighted by Gasteiger charge is 2.21. The minimum atomic E-state index is -0.781. The van der Waals surface area contributed by atoms with E-state index in [0.29, 0.717) is 11.3 Å². The average Bonchev–Trinajstić information content (AvgIpc) is 2.23. The fourth-order valence-corrected chi connectivity index (χ4v) is 1.48. The Balaban J connectivity index is 2.80. The lowest BCUT2D eigenvalue weighted by Crippen LogP contribution is -2.46. The number of amides is 1. The van der Waals surface area contributed by atoms with Gasteiger partial charge in [-0.2, -0.15) is 0 Å². The molecule has 1 amide bonds. The van der Waals surface area contributed by atoms with Crippen molar-refractivity contribution in [2.45, 2.75) is 46.3 Å². The second kappa shape index (κ2) is 5.47. The number of nitrogens with two attached hydrogens (primary N) is 1. The van der Waals surface area contributed by atoms with Gasteiger partial charge in [0, 0.05) is 17.3 Å². The number of hydrogen-bond donors (Lipinski definition) is 2. The molecule has 0 heterocycles. The maximum Gasteiger partial charge on any atom is 0.261 e. The minimum absolute atomic E-state index is 0.0308. The maximum absolute atomic E-state index is 13.7. The number of benzene rings is 1. The van der Waals surface area contributed by atoms with Crippen molar-refractivity contribution in [2.75, 3.05) is 5.73 Å². The van der Waals surface area contributed by atoms with Crippen molar-refractivity contribution >= 4 is 11.6 Å². The van der Waals surface area contributed by atoms with Crippen molar-refractivity contribution in [3.63, 3.8) is 0 Å². The summed E-state index contributed by atoms with van der Waals surface area (Å²) in [5, 5.41) is 2.77. The molecule has 0 aliphatic carbocycles. The molecule has 0 aliphatic heterocycles. The quantitative estimate of drug-likeness (QED) is 0.827. The zero-order chi connectivity index (χ0) is 14.8. The molecule has 1 atom stereocenters. The molecule has 0 saturated carbocycles. The van der Waals surface area contributed by atoms with E-state index in [1.54, 1.807) is 13.8 Å². The number of carbonyl (C=O) groups excluding carboxylic acids is 1. The second-order valence-electron chi connectivity index (χ2n) is 5.64. The first kappa shape index (κ1) is 15.3. The van der Waals surface area contributed by atoms with Gasteiger partial charge in [0.1, 0.15) is 0 Å². The highest BCUT2D eigenvalue weighted by molar-refractivity contribution is 5.81. The van der Waals surface area contributed by atoms with E-state index in [1.807, 2.05) is 20.8 Å². The molecule has 4 nitrogen and oxygen atoms in total. The number of rotatable bonds is 3. The standard InChI is InChI=1S/C14H21FN2O2/c1-8-6-12(10(15)7-11(8)16)19-9(2)13(18)17-14(3,4)5/h6-7,9H,16H2,1-5H3,(H,17,18). The van der Waals surface area contributed by atoms with Crippen LogP contribution in [0.5, 0.6) is 5.75 Å². The molecule has 1 rings (SSSR count). The number of carbonyl (C=O) groups is 1. The molecule has 106 valence electrons. The lowest BCUT2D eigenvalue weighted by Gasteiger charge is -2.23. The van der Waals surface area contributed by atoms with E-state index >= 15 is 0 Å². The van der Waals surface area contributed by atoms with Crippen LogP contribution in [0.15, 0.2) is 12.1 Å². The molecule has 1 aromatic rings. The Morgan fingerprint density at radius 2 is 2.00 bits per heavy atom. The van der Waals surface area contributed by atoms with Gasteiger partial charge < -0.3 is 15.8 Å². The molecule has 0 spiro atoms. The highest BCUT2D eigenvalue weighted by Crippen LogP contribution is 2.24. The number of aryl methyl sites for hydroxylation is 1. The smallest absolute Gasteiger partial charge is 0.261 e. The summed E-state index contributed by atoms with van der Waals surface area (Å²) in [7, 11) is 0. The van der Waals surface area contributed by atoms with Crippen LogP contribution < -0.4 is 15.8 Å². The SMILES string of the molecule is Cc1cc(OC(C)C(=O)NC(C)(C)C)c(F)cc1N. The van der Waals surface area contributed by atoms with Crippen LogP contribution in [0.2, 0.25) is 0 Å². The van der Waals surface area contributed by atoms with Crippen LogP contribution in [0.4, 0.5) is 10.1 Å². The summed E-state index contributed by atoms with van der Waals surface area (Å²) >= 11 is 0. The van der Waals surface area contributed by atoms with E-state index in [4.69, 9.17) is 10.5 Å². The number of ether oxygens (including phenoxy) is 1. The van der Waals surface area contributed by atoms with Gasteiger partial charge in [-0.15, -0.1) is 0 Å². The van der Waals surface area contributed by atoms with Crippen molar-refractivity contribution in [3.8, 4) is 5.75 Å². The van der Waals surface area contributed by atoms with E-state index in [2.05, 4.69) is 5.32 Å². The van der Waals surface area contributed by atoms with Gasteiger partial charge in [-0.1, -0.05) is 0 Å². The van der Waals surface area contributed by atoms with Gasteiger partial charge in [0.15, 0.2) is 17.7 Å². The predicted octanol–water partition coefficient (Wildman–Crippen LogP) is 2.40. The molecule has 0 bridgehead atoms. The van der Waals surface area contributed by atoms with E-state index in [-0.39, 0.29) is 17.2 Å². The summed E-state index contributed by atoms with van der Waals surface area (Å²) in [4.78, 5) is 11.8. The van der Waals surface area contributed by atoms with Crippen LogP contribution in [0.1, 0.15) is 33.3 Å². The first-order chi connectivity index (χ1) is 8.60. The monoisotopic (exact) mass is 268 g/mol. The molecular formula is C14H21FN2O2. The van der Waals surface area contributed by atoms with E-state index in [0.717, 1.165) is 0 Å². The molecule has 19 heavy (non-hydrogen) atoms. The zero-order valence-corrected chi connectivity index (χ0v) is 12.0. The van der Waals surface area contributed by atoms with Crippen molar-refractivity contribution in [2.24, 2.45) is 0 Å². The summed E-state index contributed by atoms with van der Waals surface area (Å²) in [5.41, 5.74) is 6.30. The van der Waals surface area contributed by atoms with Crippen LogP contribution in [-0.2, 0) is 4.79 Å². The molecular weight excluding hydrogens is 247 g/mol. The summed E-state index contributed by atoms with van der Waals surface area (Å²) in [6.07, 6.45) is -0.781. The van der Waals surface area contributed by atoms with E-state index in [1.165, 1.54) is 12.1 Å². The van der Waals surface area contributed by atoms with Gasteiger partial charge >= 0.3 is 0 Å². The number of nitrogen functional groups attached to an aromatic ring is 1. The Labute approximate surface area is 113 Å². The van der Waals surface area contributed by atoms with Gasteiger partial charge in [0.05, 0.1) is 0 Å². The van der Waals surface area contributed by atoms with Gasteiger partial charge in [-0.05, 0) is 46.2 Å². The molecule has 3 N–H and O–H groups in total. The molecule has 1 unspecified atom stereocenters. The third kappa shape index (κ3) is 4.43. The van der Waals surface area contributed by atoms with Crippen LogP contribution in [0.25, 0.3) is 0 Å². The third-order valence-corrected chi connectivity index (χ3v) is 2.49. The van der Waals surface area contributed by atoms with Crippen LogP contribution in [0, 0.1) is 12.7 Å². The summed E-state index contributed by atoms with van der Waals surface area (Å²) < 4.78 is 19.0. The van der Waals surface area contributed by atoms with Gasteiger partial charge in [0.2, 0.25) is 0 Å². The average molecular weight is 268 g/mol. The van der Waals surface area contributed by atoms with Crippen molar-refractivity contribution in [3.05, 3.63) is 23.5 Å². The normalized spacial score (nSPS) is 12.9. The topological polar surface area (TPSA) is 64.3 Å². The summed E-state index contributed by atoms with van der Waals surface area (Å²) in [6, 6.07) is 2.69. The van der Waals surface area contributed by atoms with Crippen molar-refractivity contribution < 1.29 is 13.9 Å². The van der Waals surface area contributed by atoms with Gasteiger partial charge in [-0.3, -0.25) is 4.79 Å². The maximum atomic E-state index is 13.7. The third-order valence-electron chi connectivity index (χ3n) is 2.49. The minimum Gasteiger partial charge on any atom is -0.478 e. The summed E-state index contributed by atoms with van der Waals surface area (Å²) in [6.45, 7) is 8.93. The molecule has 0 fully saturated rings. The lowest BCUT2D eigenvalue weighted by molar-refractivity contribution is -0.128. The second-order valence-corrected chi connectivity index (χ2v) is 5.64. The Morgan fingerprint density at radius 3 is 2.53 bits per heavy atom.